The van der Waals surface area contributed by atoms with Gasteiger partial charge in [-0.25, -0.2) is 13.1 Å². The lowest BCUT2D eigenvalue weighted by molar-refractivity contribution is 0.333. The van der Waals surface area contributed by atoms with Crippen molar-refractivity contribution in [3.8, 4) is 5.75 Å². The van der Waals surface area contributed by atoms with Crippen LogP contribution in [0.15, 0.2) is 34.0 Å². The number of rotatable bonds is 4. The van der Waals surface area contributed by atoms with Crippen molar-refractivity contribution in [2.45, 2.75) is 48.9 Å². The normalized spacial score (nSPS) is 21.6. The molecule has 5 rings (SSSR count). The van der Waals surface area contributed by atoms with Gasteiger partial charge in [-0.15, -0.1) is 0 Å². The Kier molecular flexibility index (Phi) is 4.92. The first-order valence-corrected chi connectivity index (χ1v) is 12.6. The lowest BCUT2D eigenvalue weighted by Crippen LogP contribution is -2.41. The van der Waals surface area contributed by atoms with Crippen molar-refractivity contribution in [2.24, 2.45) is 0 Å². The second-order valence-electron chi connectivity index (χ2n) is 7.72. The van der Waals surface area contributed by atoms with Gasteiger partial charge in [-0.1, -0.05) is 0 Å². The van der Waals surface area contributed by atoms with Gasteiger partial charge < -0.3 is 4.74 Å². The maximum absolute atomic E-state index is 13.3. The molecular weight excluding hydrogens is 410 g/mol. The molecule has 0 spiro atoms. The summed E-state index contributed by atoms with van der Waals surface area (Å²) in [6, 6.07) is 6.51. The number of fused-ring (bicyclic) bond motifs is 2. The summed E-state index contributed by atoms with van der Waals surface area (Å²) in [7, 11) is -3.63. The van der Waals surface area contributed by atoms with E-state index in [4.69, 9.17) is 4.74 Å². The highest BCUT2D eigenvalue weighted by atomic mass is 32.2. The molecule has 1 aromatic carbocycles. The number of benzene rings is 1. The van der Waals surface area contributed by atoms with E-state index < -0.39 is 10.0 Å². The van der Waals surface area contributed by atoms with Crippen LogP contribution in [-0.2, 0) is 35.2 Å². The largest absolute Gasteiger partial charge is 0.493 e. The highest BCUT2D eigenvalue weighted by molar-refractivity contribution is 7.98. The second-order valence-corrected chi connectivity index (χ2v) is 10.7. The molecule has 1 saturated heterocycles. The summed E-state index contributed by atoms with van der Waals surface area (Å²) in [6.45, 7) is 1.36. The number of hydrogen-bond donors (Lipinski definition) is 0. The number of sulfonamides is 1. The molecule has 3 aliphatic heterocycles. The molecule has 0 aliphatic carbocycles. The van der Waals surface area contributed by atoms with E-state index in [1.807, 2.05) is 11.8 Å². The summed E-state index contributed by atoms with van der Waals surface area (Å²) in [4.78, 5) is 12.8. The predicted molar refractivity (Wildman–Crippen MR) is 111 cm³/mol. The first-order valence-electron chi connectivity index (χ1n) is 9.97. The fourth-order valence-corrected chi connectivity index (χ4v) is 7.04. The van der Waals surface area contributed by atoms with Gasteiger partial charge in [0.25, 0.3) is 5.56 Å². The van der Waals surface area contributed by atoms with E-state index in [-0.39, 0.29) is 11.6 Å². The Morgan fingerprint density at radius 2 is 2.10 bits per heavy atom. The van der Waals surface area contributed by atoms with Crippen molar-refractivity contribution in [2.75, 3.05) is 18.9 Å². The standard InChI is InChI=1S/C20H23N3O4S2/c24-20-11-15-13-28-9-6-18(15)21-22(20)12-16-2-1-7-23(16)29(25,26)17-3-4-19-14(10-17)5-8-27-19/h3-4,10-11,16H,1-2,5-9,12-13H2. The van der Waals surface area contributed by atoms with Crippen molar-refractivity contribution in [1.82, 2.24) is 14.1 Å². The van der Waals surface area contributed by atoms with Crippen LogP contribution in [0.4, 0.5) is 0 Å². The molecule has 154 valence electrons. The topological polar surface area (TPSA) is 81.5 Å². The molecule has 4 heterocycles. The number of aryl methyl sites for hydroxylation is 1. The van der Waals surface area contributed by atoms with E-state index in [1.54, 1.807) is 28.6 Å². The van der Waals surface area contributed by atoms with Crippen molar-refractivity contribution in [3.63, 3.8) is 0 Å². The van der Waals surface area contributed by atoms with Crippen LogP contribution in [-0.4, -0.2) is 47.4 Å². The van der Waals surface area contributed by atoms with Crippen LogP contribution >= 0.6 is 11.8 Å². The van der Waals surface area contributed by atoms with E-state index in [0.29, 0.717) is 24.6 Å². The summed E-state index contributed by atoms with van der Waals surface area (Å²) >= 11 is 1.81. The molecule has 9 heteroatoms. The summed E-state index contributed by atoms with van der Waals surface area (Å²) in [5.41, 5.74) is 2.77. The molecule has 7 nitrogen and oxygen atoms in total. The monoisotopic (exact) mass is 433 g/mol. The maximum Gasteiger partial charge on any atom is 0.267 e. The summed E-state index contributed by atoms with van der Waals surface area (Å²) in [5.74, 6) is 2.60. The number of ether oxygens (including phenoxy) is 1. The van der Waals surface area contributed by atoms with Crippen LogP contribution in [0.25, 0.3) is 0 Å². The third-order valence-corrected chi connectivity index (χ3v) is 8.84. The van der Waals surface area contributed by atoms with Gasteiger partial charge in [0, 0.05) is 37.2 Å². The zero-order chi connectivity index (χ0) is 20.0. The molecule has 0 bridgehead atoms. The average molecular weight is 434 g/mol. The van der Waals surface area contributed by atoms with Crippen molar-refractivity contribution >= 4 is 21.8 Å². The molecule has 3 aliphatic rings. The first-order chi connectivity index (χ1) is 14.0. The summed E-state index contributed by atoms with van der Waals surface area (Å²) < 4.78 is 35.2. The van der Waals surface area contributed by atoms with E-state index >= 15 is 0 Å². The first kappa shape index (κ1) is 19.1. The Labute approximate surface area is 174 Å². The van der Waals surface area contributed by atoms with Crippen LogP contribution in [0.2, 0.25) is 0 Å². The zero-order valence-electron chi connectivity index (χ0n) is 16.0. The zero-order valence-corrected chi connectivity index (χ0v) is 17.7. The predicted octanol–water partition coefficient (Wildman–Crippen LogP) is 1.82. The van der Waals surface area contributed by atoms with E-state index in [0.717, 1.165) is 59.8 Å². The van der Waals surface area contributed by atoms with Crippen LogP contribution in [0.3, 0.4) is 0 Å². The molecule has 0 radical (unpaired) electrons. The van der Waals surface area contributed by atoms with Crippen LogP contribution in [0.1, 0.15) is 29.7 Å². The minimum atomic E-state index is -3.63. The fraction of sp³-hybridized carbons (Fsp3) is 0.500. The lowest BCUT2D eigenvalue weighted by Gasteiger charge is -2.25. The molecule has 0 N–H and O–H groups in total. The van der Waals surface area contributed by atoms with Gasteiger partial charge in [0.05, 0.1) is 23.7 Å². The van der Waals surface area contributed by atoms with Crippen molar-refractivity contribution in [1.29, 1.82) is 0 Å². The van der Waals surface area contributed by atoms with E-state index in [2.05, 4.69) is 5.10 Å². The van der Waals surface area contributed by atoms with Gasteiger partial charge in [-0.3, -0.25) is 4.79 Å². The SMILES string of the molecule is O=c1cc2c(nn1CC1CCCN1S(=O)(=O)c1ccc3c(c1)CCO3)CCSC2. The number of thioether (sulfide) groups is 1. The fourth-order valence-electron chi connectivity index (χ4n) is 4.35. The quantitative estimate of drug-likeness (QED) is 0.732. The molecule has 0 amide bonds. The van der Waals surface area contributed by atoms with E-state index in [1.165, 1.54) is 4.68 Å². The molecule has 1 unspecified atom stereocenters. The minimum absolute atomic E-state index is 0.148. The molecule has 1 atom stereocenters. The average Bonchev–Trinajstić information content (AvgIpc) is 3.37. The Hall–Kier alpha value is -1.84. The van der Waals surface area contributed by atoms with Crippen LogP contribution < -0.4 is 10.3 Å². The molecular formula is C20H23N3O4S2. The van der Waals surface area contributed by atoms with Crippen LogP contribution in [0, 0.1) is 0 Å². The Morgan fingerprint density at radius 1 is 1.21 bits per heavy atom. The highest BCUT2D eigenvalue weighted by Gasteiger charge is 2.36. The number of hydrogen-bond acceptors (Lipinski definition) is 6. The lowest BCUT2D eigenvalue weighted by atomic mass is 10.2. The summed E-state index contributed by atoms with van der Waals surface area (Å²) in [5, 5.41) is 4.57. The van der Waals surface area contributed by atoms with Gasteiger partial charge in [0.2, 0.25) is 10.0 Å². The van der Waals surface area contributed by atoms with Gasteiger partial charge in [0.1, 0.15) is 5.75 Å². The van der Waals surface area contributed by atoms with Gasteiger partial charge in [-0.05, 0) is 47.9 Å². The Bertz CT molecular complexity index is 1110. The number of aromatic nitrogens is 2. The molecule has 1 aromatic heterocycles. The molecule has 2 aromatic rings. The summed E-state index contributed by atoms with van der Waals surface area (Å²) in [6.07, 6.45) is 3.10. The van der Waals surface area contributed by atoms with E-state index in [9.17, 15) is 13.2 Å². The molecule has 0 saturated carbocycles. The Balaban J connectivity index is 1.42. The van der Waals surface area contributed by atoms with Gasteiger partial charge in [0.15, 0.2) is 0 Å². The van der Waals surface area contributed by atoms with Crippen molar-refractivity contribution < 1.29 is 13.2 Å². The third kappa shape index (κ3) is 3.49. The minimum Gasteiger partial charge on any atom is -0.493 e. The smallest absolute Gasteiger partial charge is 0.267 e. The van der Waals surface area contributed by atoms with Gasteiger partial charge in [-0.2, -0.15) is 21.2 Å². The second kappa shape index (κ2) is 7.45. The Morgan fingerprint density at radius 3 is 3.00 bits per heavy atom. The van der Waals surface area contributed by atoms with Gasteiger partial charge >= 0.3 is 0 Å². The van der Waals surface area contributed by atoms with Crippen LogP contribution in [0.5, 0.6) is 5.75 Å². The maximum atomic E-state index is 13.3. The van der Waals surface area contributed by atoms with Crippen molar-refractivity contribution in [3.05, 3.63) is 51.4 Å². The molecule has 29 heavy (non-hydrogen) atoms. The third-order valence-electron chi connectivity index (χ3n) is 5.88. The highest BCUT2D eigenvalue weighted by Crippen LogP contribution is 2.32. The molecule has 1 fully saturated rings. The number of nitrogens with zero attached hydrogens (tertiary/aromatic N) is 3.